The lowest BCUT2D eigenvalue weighted by molar-refractivity contribution is 0.0937. The number of phenols is 1. The van der Waals surface area contributed by atoms with Gasteiger partial charge < -0.3 is 10.4 Å². The Balaban J connectivity index is 2.17. The van der Waals surface area contributed by atoms with Crippen molar-refractivity contribution in [3.8, 4) is 5.75 Å². The molecule has 0 fully saturated rings. The first kappa shape index (κ1) is 14.5. The first-order valence-electron chi connectivity index (χ1n) is 6.02. The van der Waals surface area contributed by atoms with Crippen molar-refractivity contribution in [2.24, 2.45) is 0 Å². The van der Waals surface area contributed by atoms with E-state index in [0.29, 0.717) is 10.0 Å². The number of aromatic hydroxyl groups is 1. The van der Waals surface area contributed by atoms with Gasteiger partial charge in [-0.25, -0.2) is 4.39 Å². The first-order chi connectivity index (χ1) is 9.47. The highest BCUT2D eigenvalue weighted by Crippen LogP contribution is 2.23. The normalized spacial score (nSPS) is 11.9. The summed E-state index contributed by atoms with van der Waals surface area (Å²) >= 11 is 3.24. The van der Waals surface area contributed by atoms with Crippen LogP contribution in [0.3, 0.4) is 0 Å². The number of rotatable bonds is 3. The van der Waals surface area contributed by atoms with E-state index in [9.17, 15) is 14.3 Å². The molecule has 1 amide bonds. The van der Waals surface area contributed by atoms with Gasteiger partial charge in [0.15, 0.2) is 0 Å². The third kappa shape index (κ3) is 3.36. The zero-order chi connectivity index (χ0) is 14.7. The summed E-state index contributed by atoms with van der Waals surface area (Å²) in [5.74, 6) is -0.869. The minimum absolute atomic E-state index is 0.0999. The lowest BCUT2D eigenvalue weighted by Crippen LogP contribution is -2.26. The summed E-state index contributed by atoms with van der Waals surface area (Å²) in [5.41, 5.74) is 0.829. The van der Waals surface area contributed by atoms with E-state index in [1.807, 2.05) is 0 Å². The van der Waals surface area contributed by atoms with Gasteiger partial charge >= 0.3 is 0 Å². The Kier molecular flexibility index (Phi) is 4.39. The number of hydrogen-bond donors (Lipinski definition) is 2. The van der Waals surface area contributed by atoms with Crippen LogP contribution in [0.1, 0.15) is 28.9 Å². The second kappa shape index (κ2) is 6.05. The Morgan fingerprint density at radius 1 is 1.30 bits per heavy atom. The molecule has 0 heterocycles. The molecular formula is C15H13BrFNO2. The molecular weight excluding hydrogens is 325 g/mol. The van der Waals surface area contributed by atoms with Crippen molar-refractivity contribution < 1.29 is 14.3 Å². The largest absolute Gasteiger partial charge is 0.507 e. The van der Waals surface area contributed by atoms with Gasteiger partial charge in [-0.15, -0.1) is 0 Å². The van der Waals surface area contributed by atoms with E-state index in [4.69, 9.17) is 0 Å². The molecule has 0 aromatic heterocycles. The molecule has 0 spiro atoms. The maximum Gasteiger partial charge on any atom is 0.255 e. The molecule has 0 aliphatic heterocycles. The Bertz CT molecular complexity index is 646. The van der Waals surface area contributed by atoms with E-state index in [-0.39, 0.29) is 23.2 Å². The highest BCUT2D eigenvalue weighted by atomic mass is 79.9. The number of nitrogens with one attached hydrogen (secondary N) is 1. The molecule has 0 saturated carbocycles. The number of halogens is 2. The summed E-state index contributed by atoms with van der Waals surface area (Å²) in [4.78, 5) is 12.1. The van der Waals surface area contributed by atoms with Gasteiger partial charge in [-0.05, 0) is 42.8 Å². The van der Waals surface area contributed by atoms with Crippen molar-refractivity contribution in [3.05, 3.63) is 63.9 Å². The Labute approximate surface area is 124 Å². The quantitative estimate of drug-likeness (QED) is 0.895. The van der Waals surface area contributed by atoms with Crippen molar-refractivity contribution in [2.45, 2.75) is 13.0 Å². The maximum absolute atomic E-state index is 13.1. The molecule has 0 aliphatic carbocycles. The average molecular weight is 338 g/mol. The van der Waals surface area contributed by atoms with E-state index in [1.165, 1.54) is 24.3 Å². The summed E-state index contributed by atoms with van der Waals surface area (Å²) in [6.45, 7) is 1.75. The van der Waals surface area contributed by atoms with Crippen LogP contribution >= 0.6 is 15.9 Å². The molecule has 0 saturated heterocycles. The molecule has 0 radical (unpaired) electrons. The summed E-state index contributed by atoms with van der Waals surface area (Å²) in [5, 5.41) is 12.4. The van der Waals surface area contributed by atoms with Gasteiger partial charge in [-0.2, -0.15) is 0 Å². The first-order valence-corrected chi connectivity index (χ1v) is 6.81. The third-order valence-corrected chi connectivity index (χ3v) is 3.39. The highest BCUT2D eigenvalue weighted by molar-refractivity contribution is 9.10. The second-order valence-corrected chi connectivity index (χ2v) is 5.33. The van der Waals surface area contributed by atoms with E-state index in [2.05, 4.69) is 21.2 Å². The standard InChI is InChI=1S/C15H13BrFNO2/c1-9(10-3-2-4-12(17)7-10)18-15(20)13-8-11(16)5-6-14(13)19/h2-9,19H,1H3,(H,18,20). The Morgan fingerprint density at radius 3 is 2.75 bits per heavy atom. The maximum atomic E-state index is 13.1. The van der Waals surface area contributed by atoms with Crippen LogP contribution < -0.4 is 5.32 Å². The molecule has 3 nitrogen and oxygen atoms in total. The molecule has 1 unspecified atom stereocenters. The second-order valence-electron chi connectivity index (χ2n) is 4.41. The summed E-state index contributed by atoms with van der Waals surface area (Å²) < 4.78 is 13.8. The molecule has 20 heavy (non-hydrogen) atoms. The van der Waals surface area contributed by atoms with E-state index in [0.717, 1.165) is 0 Å². The van der Waals surface area contributed by atoms with Crippen LogP contribution in [0.2, 0.25) is 0 Å². The molecule has 1 atom stereocenters. The van der Waals surface area contributed by atoms with Crippen LogP contribution in [-0.4, -0.2) is 11.0 Å². The molecule has 104 valence electrons. The molecule has 2 N–H and O–H groups in total. The van der Waals surface area contributed by atoms with Crippen LogP contribution in [0.4, 0.5) is 4.39 Å². The topological polar surface area (TPSA) is 49.3 Å². The predicted octanol–water partition coefficient (Wildman–Crippen LogP) is 3.78. The summed E-state index contributed by atoms with van der Waals surface area (Å²) in [7, 11) is 0. The fourth-order valence-electron chi connectivity index (χ4n) is 1.82. The van der Waals surface area contributed by atoms with Crippen LogP contribution in [0.5, 0.6) is 5.75 Å². The van der Waals surface area contributed by atoms with Gasteiger partial charge in [0.05, 0.1) is 11.6 Å². The van der Waals surface area contributed by atoms with Gasteiger partial charge in [0, 0.05) is 4.47 Å². The fraction of sp³-hybridized carbons (Fsp3) is 0.133. The number of carbonyl (C=O) groups is 1. The number of amides is 1. The number of carbonyl (C=O) groups excluding carboxylic acids is 1. The highest BCUT2D eigenvalue weighted by Gasteiger charge is 2.15. The molecule has 2 aromatic rings. The van der Waals surface area contributed by atoms with Crippen LogP contribution in [0.25, 0.3) is 0 Å². The van der Waals surface area contributed by atoms with Gasteiger partial charge in [0.1, 0.15) is 11.6 Å². The summed E-state index contributed by atoms with van der Waals surface area (Å²) in [6, 6.07) is 10.3. The number of benzene rings is 2. The van der Waals surface area contributed by atoms with E-state index >= 15 is 0 Å². The molecule has 0 aliphatic rings. The predicted molar refractivity (Wildman–Crippen MR) is 78.1 cm³/mol. The van der Waals surface area contributed by atoms with Crippen molar-refractivity contribution in [1.82, 2.24) is 5.32 Å². The molecule has 2 aromatic carbocycles. The zero-order valence-electron chi connectivity index (χ0n) is 10.7. The van der Waals surface area contributed by atoms with Gasteiger partial charge in [-0.3, -0.25) is 4.79 Å². The SMILES string of the molecule is CC(NC(=O)c1cc(Br)ccc1O)c1cccc(F)c1. The lowest BCUT2D eigenvalue weighted by atomic mass is 10.1. The zero-order valence-corrected chi connectivity index (χ0v) is 12.3. The number of hydrogen-bond acceptors (Lipinski definition) is 2. The van der Waals surface area contributed by atoms with Crippen LogP contribution in [0, 0.1) is 5.82 Å². The minimum Gasteiger partial charge on any atom is -0.507 e. The fourth-order valence-corrected chi connectivity index (χ4v) is 2.18. The van der Waals surface area contributed by atoms with E-state index in [1.54, 1.807) is 25.1 Å². The van der Waals surface area contributed by atoms with E-state index < -0.39 is 5.91 Å². The Hall–Kier alpha value is -1.88. The average Bonchev–Trinajstić information content (AvgIpc) is 2.41. The van der Waals surface area contributed by atoms with Gasteiger partial charge in [0.2, 0.25) is 0 Å². The monoisotopic (exact) mass is 337 g/mol. The molecule has 2 rings (SSSR count). The number of phenolic OH excluding ortho intramolecular Hbond substituents is 1. The van der Waals surface area contributed by atoms with Crippen molar-refractivity contribution in [3.63, 3.8) is 0 Å². The summed E-state index contributed by atoms with van der Waals surface area (Å²) in [6.07, 6.45) is 0. The third-order valence-electron chi connectivity index (χ3n) is 2.90. The van der Waals surface area contributed by atoms with Crippen LogP contribution in [0.15, 0.2) is 46.9 Å². The van der Waals surface area contributed by atoms with Crippen LogP contribution in [-0.2, 0) is 0 Å². The molecule has 5 heteroatoms. The van der Waals surface area contributed by atoms with Gasteiger partial charge in [-0.1, -0.05) is 28.1 Å². The van der Waals surface area contributed by atoms with Crippen molar-refractivity contribution >= 4 is 21.8 Å². The smallest absolute Gasteiger partial charge is 0.255 e. The molecule has 0 bridgehead atoms. The lowest BCUT2D eigenvalue weighted by Gasteiger charge is -2.15. The van der Waals surface area contributed by atoms with Crippen molar-refractivity contribution in [2.75, 3.05) is 0 Å². The Morgan fingerprint density at radius 2 is 2.05 bits per heavy atom. The minimum atomic E-state index is -0.416. The van der Waals surface area contributed by atoms with Gasteiger partial charge in [0.25, 0.3) is 5.91 Å². The van der Waals surface area contributed by atoms with Crippen molar-refractivity contribution in [1.29, 1.82) is 0 Å².